The first kappa shape index (κ1) is 12.1. The number of nitrogens with two attached hydrogens (primary N) is 1. The molecule has 0 aromatic carbocycles. The van der Waals surface area contributed by atoms with Gasteiger partial charge in [-0.1, -0.05) is 19.1 Å². The zero-order chi connectivity index (χ0) is 11.3. The molecule has 86 valence electrons. The molecule has 1 aromatic rings. The first-order chi connectivity index (χ1) is 7.11. The molecular formula is C10H21N5. The fourth-order valence-electron chi connectivity index (χ4n) is 1.52. The van der Waals surface area contributed by atoms with E-state index in [1.165, 1.54) is 6.42 Å². The van der Waals surface area contributed by atoms with Gasteiger partial charge in [0.05, 0.1) is 5.69 Å². The maximum absolute atomic E-state index is 5.51. The molecule has 15 heavy (non-hydrogen) atoms. The van der Waals surface area contributed by atoms with E-state index in [1.807, 2.05) is 13.2 Å². The van der Waals surface area contributed by atoms with Gasteiger partial charge in [-0.15, -0.1) is 5.10 Å². The molecule has 1 aromatic heterocycles. The topological polar surface area (TPSA) is 68.8 Å². The van der Waals surface area contributed by atoms with Crippen molar-refractivity contribution in [3.8, 4) is 0 Å². The van der Waals surface area contributed by atoms with E-state index in [2.05, 4.69) is 29.6 Å². The number of hydrazine groups is 1. The molecule has 0 aliphatic heterocycles. The number of nitrogens with one attached hydrogen (secondary N) is 1. The van der Waals surface area contributed by atoms with Crippen LogP contribution in [0, 0.1) is 5.92 Å². The summed E-state index contributed by atoms with van der Waals surface area (Å²) in [5.74, 6) is 6.22. The van der Waals surface area contributed by atoms with Gasteiger partial charge < -0.3 is 0 Å². The molecule has 0 fully saturated rings. The second-order valence-corrected chi connectivity index (χ2v) is 4.42. The van der Waals surface area contributed by atoms with Crippen molar-refractivity contribution in [1.82, 2.24) is 20.4 Å². The van der Waals surface area contributed by atoms with Crippen LogP contribution in [-0.4, -0.2) is 21.0 Å². The Labute approximate surface area is 91.0 Å². The van der Waals surface area contributed by atoms with Crippen molar-refractivity contribution in [2.24, 2.45) is 18.8 Å². The molecule has 0 bridgehead atoms. The summed E-state index contributed by atoms with van der Waals surface area (Å²) in [6.07, 6.45) is 5.02. The Morgan fingerprint density at radius 3 is 2.67 bits per heavy atom. The average molecular weight is 211 g/mol. The van der Waals surface area contributed by atoms with Crippen molar-refractivity contribution in [1.29, 1.82) is 0 Å². The van der Waals surface area contributed by atoms with Crippen LogP contribution in [0.25, 0.3) is 0 Å². The fraction of sp³-hybridized carbons (Fsp3) is 0.800. The van der Waals surface area contributed by atoms with Gasteiger partial charge in [-0.3, -0.25) is 16.0 Å². The molecule has 1 rings (SSSR count). The lowest BCUT2D eigenvalue weighted by Crippen LogP contribution is -2.37. The lowest BCUT2D eigenvalue weighted by molar-refractivity contribution is 0.431. The average Bonchev–Trinajstić information content (AvgIpc) is 2.58. The minimum Gasteiger partial charge on any atom is -0.271 e. The van der Waals surface area contributed by atoms with E-state index < -0.39 is 0 Å². The Hall–Kier alpha value is -0.940. The fourth-order valence-corrected chi connectivity index (χ4v) is 1.52. The smallest absolute Gasteiger partial charge is 0.0843 e. The minimum absolute atomic E-state index is 0.295. The molecule has 3 N–H and O–H groups in total. The molecule has 0 aliphatic rings. The van der Waals surface area contributed by atoms with Crippen LogP contribution in [-0.2, 0) is 13.5 Å². The SMILES string of the molecule is CC(C)CCC(Cc1cn(C)nn1)NN. The first-order valence-corrected chi connectivity index (χ1v) is 5.43. The van der Waals surface area contributed by atoms with Gasteiger partial charge in [0.1, 0.15) is 0 Å². The van der Waals surface area contributed by atoms with E-state index in [9.17, 15) is 0 Å². The van der Waals surface area contributed by atoms with E-state index in [-0.39, 0.29) is 0 Å². The zero-order valence-corrected chi connectivity index (χ0v) is 9.77. The number of hydrogen-bond acceptors (Lipinski definition) is 4. The standard InChI is InChI=1S/C10H21N5/c1-8(2)4-5-9(12-11)6-10-7-15(3)14-13-10/h7-9,12H,4-6,11H2,1-3H3. The maximum atomic E-state index is 5.51. The van der Waals surface area contributed by atoms with Crippen LogP contribution in [0.1, 0.15) is 32.4 Å². The van der Waals surface area contributed by atoms with E-state index in [0.29, 0.717) is 12.0 Å². The third kappa shape index (κ3) is 4.40. The molecule has 0 aliphatic carbocycles. The summed E-state index contributed by atoms with van der Waals surface area (Å²) in [7, 11) is 1.87. The predicted molar refractivity (Wildman–Crippen MR) is 59.9 cm³/mol. The number of aromatic nitrogens is 3. The first-order valence-electron chi connectivity index (χ1n) is 5.43. The summed E-state index contributed by atoms with van der Waals surface area (Å²) < 4.78 is 1.71. The maximum Gasteiger partial charge on any atom is 0.0843 e. The van der Waals surface area contributed by atoms with E-state index in [1.54, 1.807) is 4.68 Å². The summed E-state index contributed by atoms with van der Waals surface area (Å²) in [5.41, 5.74) is 3.83. The third-order valence-corrected chi connectivity index (χ3v) is 2.43. The Morgan fingerprint density at radius 2 is 2.20 bits per heavy atom. The van der Waals surface area contributed by atoms with Crippen molar-refractivity contribution in [2.45, 2.75) is 39.2 Å². The normalized spacial score (nSPS) is 13.4. The molecule has 0 amide bonds. The van der Waals surface area contributed by atoms with Crippen LogP contribution < -0.4 is 11.3 Å². The molecule has 0 saturated heterocycles. The molecular weight excluding hydrogens is 190 g/mol. The minimum atomic E-state index is 0.295. The highest BCUT2D eigenvalue weighted by atomic mass is 15.4. The molecule has 5 heteroatoms. The van der Waals surface area contributed by atoms with Crippen LogP contribution in [0.5, 0.6) is 0 Å². The second-order valence-electron chi connectivity index (χ2n) is 4.42. The molecule has 0 saturated carbocycles. The molecule has 1 atom stereocenters. The van der Waals surface area contributed by atoms with Gasteiger partial charge in [0.25, 0.3) is 0 Å². The molecule has 0 radical (unpaired) electrons. The van der Waals surface area contributed by atoms with Crippen molar-refractivity contribution >= 4 is 0 Å². The predicted octanol–water partition coefficient (Wildman–Crippen LogP) is 0.626. The highest BCUT2D eigenvalue weighted by Crippen LogP contribution is 2.09. The second kappa shape index (κ2) is 5.82. The number of hydrogen-bond donors (Lipinski definition) is 2. The Balaban J connectivity index is 2.39. The van der Waals surface area contributed by atoms with Crippen molar-refractivity contribution in [3.05, 3.63) is 11.9 Å². The lowest BCUT2D eigenvalue weighted by Gasteiger charge is -2.15. The summed E-state index contributed by atoms with van der Waals surface area (Å²) in [6, 6.07) is 0.295. The van der Waals surface area contributed by atoms with Gasteiger partial charge >= 0.3 is 0 Å². The van der Waals surface area contributed by atoms with Gasteiger partial charge in [-0.05, 0) is 18.8 Å². The summed E-state index contributed by atoms with van der Waals surface area (Å²) >= 11 is 0. The highest BCUT2D eigenvalue weighted by molar-refractivity contribution is 4.95. The van der Waals surface area contributed by atoms with Crippen molar-refractivity contribution < 1.29 is 0 Å². The van der Waals surface area contributed by atoms with Crippen molar-refractivity contribution in [3.63, 3.8) is 0 Å². The largest absolute Gasteiger partial charge is 0.271 e. The van der Waals surface area contributed by atoms with Gasteiger partial charge in [-0.25, -0.2) is 0 Å². The van der Waals surface area contributed by atoms with Crippen LogP contribution in [0.4, 0.5) is 0 Å². The summed E-state index contributed by atoms with van der Waals surface area (Å²) in [6.45, 7) is 4.44. The number of aryl methyl sites for hydroxylation is 1. The van der Waals surface area contributed by atoms with Crippen LogP contribution in [0.3, 0.4) is 0 Å². The highest BCUT2D eigenvalue weighted by Gasteiger charge is 2.10. The van der Waals surface area contributed by atoms with Crippen LogP contribution in [0.15, 0.2) is 6.20 Å². The molecule has 5 nitrogen and oxygen atoms in total. The van der Waals surface area contributed by atoms with Crippen LogP contribution in [0.2, 0.25) is 0 Å². The van der Waals surface area contributed by atoms with Crippen LogP contribution >= 0.6 is 0 Å². The monoisotopic (exact) mass is 211 g/mol. The summed E-state index contributed by atoms with van der Waals surface area (Å²) in [5, 5.41) is 7.95. The third-order valence-electron chi connectivity index (χ3n) is 2.43. The zero-order valence-electron chi connectivity index (χ0n) is 9.77. The van der Waals surface area contributed by atoms with Gasteiger partial charge in [0.15, 0.2) is 0 Å². The number of rotatable bonds is 6. The number of nitrogens with zero attached hydrogens (tertiary/aromatic N) is 3. The van der Waals surface area contributed by atoms with Gasteiger partial charge in [0, 0.05) is 25.7 Å². The lowest BCUT2D eigenvalue weighted by atomic mass is 10.0. The molecule has 0 spiro atoms. The van der Waals surface area contributed by atoms with Gasteiger partial charge in [-0.2, -0.15) is 0 Å². The molecule has 1 unspecified atom stereocenters. The summed E-state index contributed by atoms with van der Waals surface area (Å²) in [4.78, 5) is 0. The Morgan fingerprint density at radius 1 is 1.47 bits per heavy atom. The van der Waals surface area contributed by atoms with Gasteiger partial charge in [0.2, 0.25) is 0 Å². The van der Waals surface area contributed by atoms with E-state index in [4.69, 9.17) is 5.84 Å². The quantitative estimate of drug-likeness (QED) is 0.535. The van der Waals surface area contributed by atoms with Crippen molar-refractivity contribution in [2.75, 3.05) is 0 Å². The molecule has 1 heterocycles. The van der Waals surface area contributed by atoms with E-state index >= 15 is 0 Å². The Kier molecular flexibility index (Phi) is 4.71. The Bertz CT molecular complexity index is 281. The van der Waals surface area contributed by atoms with E-state index in [0.717, 1.165) is 18.5 Å².